The van der Waals surface area contributed by atoms with Gasteiger partial charge in [0.05, 0.1) is 17.0 Å². The molecule has 1 aromatic heterocycles. The number of carbonyl (C=O) groups excluding carboxylic acids is 1. The Morgan fingerprint density at radius 3 is 2.52 bits per heavy atom. The lowest BCUT2D eigenvalue weighted by Gasteiger charge is -2.25. The van der Waals surface area contributed by atoms with Crippen molar-refractivity contribution in [3.63, 3.8) is 0 Å². The van der Waals surface area contributed by atoms with Gasteiger partial charge in [0, 0.05) is 10.2 Å². The molecule has 142 valence electrons. The van der Waals surface area contributed by atoms with Gasteiger partial charge in [-0.25, -0.2) is 0 Å². The minimum absolute atomic E-state index is 0.111. The maximum Gasteiger partial charge on any atom is 0.295 e. The maximum atomic E-state index is 13.5. The molecular weight excluding hydrogens is 430 g/mol. The molecule has 1 aliphatic heterocycles. The molecule has 0 saturated carbocycles. The molecule has 1 amide bonds. The first-order chi connectivity index (χ1) is 14.0. The summed E-state index contributed by atoms with van der Waals surface area (Å²) in [6.07, 6.45) is 0. The predicted molar refractivity (Wildman–Crippen MR) is 116 cm³/mol. The van der Waals surface area contributed by atoms with Crippen molar-refractivity contribution in [2.24, 2.45) is 0 Å². The van der Waals surface area contributed by atoms with Crippen LogP contribution in [-0.2, 0) is 0 Å². The molecule has 1 unspecified atom stereocenters. The zero-order valence-corrected chi connectivity index (χ0v) is 17.1. The number of fused-ring (bicyclic) bond motifs is 2. The molecule has 1 aliphatic rings. The summed E-state index contributed by atoms with van der Waals surface area (Å²) in [6.45, 7) is 1.98. The van der Waals surface area contributed by atoms with E-state index in [1.165, 1.54) is 0 Å². The van der Waals surface area contributed by atoms with Crippen molar-refractivity contribution in [3.05, 3.63) is 110 Å². The minimum atomic E-state index is -0.558. The number of amides is 1. The molecule has 3 aromatic carbocycles. The molecule has 2 heterocycles. The highest BCUT2D eigenvalue weighted by molar-refractivity contribution is 9.10. The first kappa shape index (κ1) is 17.9. The van der Waals surface area contributed by atoms with Gasteiger partial charge in [0.2, 0.25) is 5.76 Å². The fourth-order valence-electron chi connectivity index (χ4n) is 3.96. The molecule has 1 atom stereocenters. The molecule has 29 heavy (non-hydrogen) atoms. The van der Waals surface area contributed by atoms with Gasteiger partial charge < -0.3 is 4.42 Å². The summed E-state index contributed by atoms with van der Waals surface area (Å²) in [5.74, 6) is -0.196. The topological polar surface area (TPSA) is 50.5 Å². The first-order valence-electron chi connectivity index (χ1n) is 9.26. The number of nitrogens with zero attached hydrogens (tertiary/aromatic N) is 1. The van der Waals surface area contributed by atoms with Crippen LogP contribution in [0.15, 0.2) is 86.5 Å². The summed E-state index contributed by atoms with van der Waals surface area (Å²) in [6, 6.07) is 21.9. The highest BCUT2D eigenvalue weighted by Crippen LogP contribution is 2.41. The zero-order valence-electron chi connectivity index (χ0n) is 15.6. The Balaban J connectivity index is 1.84. The van der Waals surface area contributed by atoms with Crippen molar-refractivity contribution in [2.75, 3.05) is 4.90 Å². The summed E-state index contributed by atoms with van der Waals surface area (Å²) in [5, 5.41) is 0.477. The number of para-hydroxylation sites is 1. The molecule has 4 aromatic rings. The Morgan fingerprint density at radius 1 is 0.931 bits per heavy atom. The van der Waals surface area contributed by atoms with Crippen LogP contribution in [0.25, 0.3) is 11.0 Å². The highest BCUT2D eigenvalue weighted by atomic mass is 79.9. The Morgan fingerprint density at radius 2 is 1.72 bits per heavy atom. The van der Waals surface area contributed by atoms with Crippen molar-refractivity contribution >= 4 is 38.5 Å². The standard InChI is InChI=1S/C24H16BrNO3/c1-14-6-4-9-17(12-14)26-21(15-7-5-8-16(25)13-15)20-22(27)18-10-2-3-11-19(18)29-23(20)24(26)28/h2-13,21H,1H3. The summed E-state index contributed by atoms with van der Waals surface area (Å²) in [4.78, 5) is 28.5. The quantitative estimate of drug-likeness (QED) is 0.402. The third kappa shape index (κ3) is 2.81. The van der Waals surface area contributed by atoms with E-state index in [1.54, 1.807) is 29.2 Å². The Hall–Kier alpha value is -3.18. The van der Waals surface area contributed by atoms with E-state index in [-0.39, 0.29) is 17.1 Å². The monoisotopic (exact) mass is 445 g/mol. The summed E-state index contributed by atoms with van der Waals surface area (Å²) >= 11 is 3.51. The Labute approximate surface area is 175 Å². The molecule has 5 rings (SSSR count). The van der Waals surface area contributed by atoms with Crippen molar-refractivity contribution in [3.8, 4) is 0 Å². The van der Waals surface area contributed by atoms with Crippen LogP contribution in [0.2, 0.25) is 0 Å². The number of aryl methyl sites for hydroxylation is 1. The van der Waals surface area contributed by atoms with Gasteiger partial charge in [0.1, 0.15) is 5.58 Å². The van der Waals surface area contributed by atoms with Crippen molar-refractivity contribution in [1.29, 1.82) is 0 Å². The van der Waals surface area contributed by atoms with E-state index < -0.39 is 6.04 Å². The van der Waals surface area contributed by atoms with E-state index in [1.807, 2.05) is 55.5 Å². The molecular formula is C24H16BrNO3. The third-order valence-corrected chi connectivity index (χ3v) is 5.72. The molecule has 0 aliphatic carbocycles. The average molecular weight is 446 g/mol. The lowest BCUT2D eigenvalue weighted by molar-refractivity contribution is 0.0971. The van der Waals surface area contributed by atoms with Crippen molar-refractivity contribution < 1.29 is 9.21 Å². The lowest BCUT2D eigenvalue weighted by atomic mass is 9.98. The third-order valence-electron chi connectivity index (χ3n) is 5.22. The normalized spacial score (nSPS) is 15.7. The molecule has 0 N–H and O–H groups in total. The van der Waals surface area contributed by atoms with Crippen LogP contribution in [-0.4, -0.2) is 5.91 Å². The smallest absolute Gasteiger partial charge is 0.295 e. The predicted octanol–water partition coefficient (Wildman–Crippen LogP) is 5.61. The molecule has 0 saturated heterocycles. The number of rotatable bonds is 2. The van der Waals surface area contributed by atoms with E-state index in [9.17, 15) is 9.59 Å². The summed E-state index contributed by atoms with van der Waals surface area (Å²) in [7, 11) is 0. The SMILES string of the molecule is Cc1cccc(N2C(=O)c3oc4ccccc4c(=O)c3C2c2cccc(Br)c2)c1. The minimum Gasteiger partial charge on any atom is -0.450 e. The second-order valence-corrected chi connectivity index (χ2v) is 8.06. The van der Waals surface area contributed by atoms with E-state index in [2.05, 4.69) is 15.9 Å². The van der Waals surface area contributed by atoms with E-state index in [0.717, 1.165) is 21.3 Å². The first-order valence-corrected chi connectivity index (χ1v) is 10.1. The van der Waals surface area contributed by atoms with Crippen LogP contribution >= 0.6 is 15.9 Å². The molecule has 0 fully saturated rings. The second-order valence-electron chi connectivity index (χ2n) is 7.14. The number of halogens is 1. The second kappa shape index (κ2) is 6.71. The molecule has 0 radical (unpaired) electrons. The van der Waals surface area contributed by atoms with Crippen LogP contribution in [0.1, 0.15) is 33.3 Å². The van der Waals surface area contributed by atoms with Crippen LogP contribution in [0.3, 0.4) is 0 Å². The van der Waals surface area contributed by atoms with Gasteiger partial charge in [-0.15, -0.1) is 0 Å². The van der Waals surface area contributed by atoms with Crippen LogP contribution < -0.4 is 10.3 Å². The van der Waals surface area contributed by atoms with Gasteiger partial charge >= 0.3 is 0 Å². The van der Waals surface area contributed by atoms with Gasteiger partial charge in [-0.2, -0.15) is 0 Å². The van der Waals surface area contributed by atoms with E-state index in [4.69, 9.17) is 4.42 Å². The van der Waals surface area contributed by atoms with Crippen LogP contribution in [0.5, 0.6) is 0 Å². The maximum absolute atomic E-state index is 13.5. The molecule has 4 nitrogen and oxygen atoms in total. The fourth-order valence-corrected chi connectivity index (χ4v) is 4.37. The van der Waals surface area contributed by atoms with E-state index in [0.29, 0.717) is 16.5 Å². The number of anilines is 1. The van der Waals surface area contributed by atoms with Gasteiger partial charge in [0.15, 0.2) is 5.43 Å². The van der Waals surface area contributed by atoms with Gasteiger partial charge in [-0.3, -0.25) is 14.5 Å². The summed E-state index contributed by atoms with van der Waals surface area (Å²) < 4.78 is 6.84. The average Bonchev–Trinajstić information content (AvgIpc) is 3.01. The molecule has 0 bridgehead atoms. The van der Waals surface area contributed by atoms with Crippen LogP contribution in [0.4, 0.5) is 5.69 Å². The number of hydrogen-bond donors (Lipinski definition) is 0. The Kier molecular flexibility index (Phi) is 4.14. The number of benzene rings is 3. The largest absolute Gasteiger partial charge is 0.450 e. The van der Waals surface area contributed by atoms with E-state index >= 15 is 0 Å². The number of carbonyl (C=O) groups is 1. The van der Waals surface area contributed by atoms with Gasteiger partial charge in [-0.05, 0) is 54.4 Å². The summed E-state index contributed by atoms with van der Waals surface area (Å²) in [5.41, 5.74) is 3.24. The van der Waals surface area contributed by atoms with Gasteiger partial charge in [0.25, 0.3) is 5.91 Å². The number of hydrogen-bond acceptors (Lipinski definition) is 3. The van der Waals surface area contributed by atoms with Gasteiger partial charge in [-0.1, -0.05) is 52.3 Å². The molecule has 0 spiro atoms. The fraction of sp³-hybridized carbons (Fsp3) is 0.0833. The van der Waals surface area contributed by atoms with Crippen molar-refractivity contribution in [2.45, 2.75) is 13.0 Å². The highest BCUT2D eigenvalue weighted by Gasteiger charge is 2.43. The van der Waals surface area contributed by atoms with Crippen molar-refractivity contribution in [1.82, 2.24) is 0 Å². The Bertz CT molecular complexity index is 1340. The van der Waals surface area contributed by atoms with Crippen LogP contribution in [0, 0.1) is 6.92 Å². The molecule has 5 heteroatoms. The lowest BCUT2D eigenvalue weighted by Crippen LogP contribution is -2.29. The zero-order chi connectivity index (χ0) is 20.1.